The number of benzene rings is 1. The minimum absolute atomic E-state index is 0.128. The molecule has 4 nitrogen and oxygen atoms in total. The number of halogens is 1. The molecule has 0 N–H and O–H groups in total. The Morgan fingerprint density at radius 3 is 2.12 bits per heavy atom. The number of carbonyl (C=O) groups excluding carboxylic acids is 1. The van der Waals surface area contributed by atoms with Gasteiger partial charge in [0.05, 0.1) is 18.6 Å². The molecule has 0 atom stereocenters. The highest BCUT2D eigenvalue weighted by atomic mass is 35.5. The largest absolute Gasteiger partial charge is 0.397 e. The second-order valence-corrected chi connectivity index (χ2v) is 7.93. The maximum atomic E-state index is 13.0. The van der Waals surface area contributed by atoms with Gasteiger partial charge in [0, 0.05) is 10.6 Å². The van der Waals surface area contributed by atoms with E-state index in [0.717, 1.165) is 5.56 Å². The quantitative estimate of drug-likeness (QED) is 0.434. The van der Waals surface area contributed by atoms with E-state index in [0.29, 0.717) is 10.6 Å². The summed E-state index contributed by atoms with van der Waals surface area (Å²) < 4.78 is 23.3. The average Bonchev–Trinajstić information content (AvgIpc) is 2.53. The lowest BCUT2D eigenvalue weighted by Crippen LogP contribution is -2.27. The van der Waals surface area contributed by atoms with Gasteiger partial charge >= 0.3 is 7.60 Å². The van der Waals surface area contributed by atoms with Gasteiger partial charge in [0.2, 0.25) is 0 Å². The minimum atomic E-state index is -3.88. The zero-order chi connectivity index (χ0) is 18.4. The van der Waals surface area contributed by atoms with Crippen LogP contribution in [0.15, 0.2) is 36.1 Å². The Morgan fingerprint density at radius 1 is 1.21 bits per heavy atom. The van der Waals surface area contributed by atoms with Gasteiger partial charge in [0.1, 0.15) is 0 Å². The maximum absolute atomic E-state index is 13.0. The molecule has 0 aliphatic heterocycles. The van der Waals surface area contributed by atoms with Crippen molar-refractivity contribution in [3.05, 3.63) is 46.7 Å². The smallest absolute Gasteiger partial charge is 0.303 e. The highest BCUT2D eigenvalue weighted by Gasteiger charge is 2.46. The Balaban J connectivity index is 3.41. The third-order valence-electron chi connectivity index (χ3n) is 3.43. The fraction of sp³-hybridized carbons (Fsp3) is 0.444. The monoisotopic (exact) mass is 370 g/mol. The molecule has 1 aromatic rings. The molecule has 6 heteroatoms. The third kappa shape index (κ3) is 4.69. The van der Waals surface area contributed by atoms with Crippen LogP contribution in [-0.2, 0) is 18.4 Å². The molecule has 0 unspecified atom stereocenters. The predicted molar refractivity (Wildman–Crippen MR) is 98.3 cm³/mol. The van der Waals surface area contributed by atoms with Crippen LogP contribution in [0, 0.1) is 5.41 Å². The molecule has 1 rings (SSSR count). The van der Waals surface area contributed by atoms with Gasteiger partial charge in [-0.05, 0) is 58.4 Å². The minimum Gasteiger partial charge on any atom is -0.303 e. The summed E-state index contributed by atoms with van der Waals surface area (Å²) in [6, 6.07) is 7.07. The molecule has 132 valence electrons. The van der Waals surface area contributed by atoms with Crippen molar-refractivity contribution in [1.29, 1.82) is 0 Å². The first-order chi connectivity index (χ1) is 11.2. The van der Waals surface area contributed by atoms with Crippen LogP contribution in [0.4, 0.5) is 0 Å². The zero-order valence-corrected chi connectivity index (χ0v) is 16.4. The number of rotatable bonds is 8. The Bertz CT molecular complexity index is 675. The van der Waals surface area contributed by atoms with E-state index in [1.54, 1.807) is 65.0 Å². The zero-order valence-electron chi connectivity index (χ0n) is 14.8. The number of carbonyl (C=O) groups is 1. The first kappa shape index (κ1) is 20.9. The van der Waals surface area contributed by atoms with Crippen molar-refractivity contribution in [2.45, 2.75) is 34.6 Å². The average molecular weight is 371 g/mol. The van der Waals surface area contributed by atoms with Crippen molar-refractivity contribution in [1.82, 2.24) is 0 Å². The topological polar surface area (TPSA) is 52.6 Å². The van der Waals surface area contributed by atoms with E-state index in [9.17, 15) is 9.36 Å². The summed E-state index contributed by atoms with van der Waals surface area (Å²) in [4.78, 5) is 13.0. The summed E-state index contributed by atoms with van der Waals surface area (Å²) in [5, 5.41) is 0.594. The van der Waals surface area contributed by atoms with E-state index in [-0.39, 0.29) is 13.2 Å². The van der Waals surface area contributed by atoms with Gasteiger partial charge in [-0.25, -0.2) is 0 Å². The van der Waals surface area contributed by atoms with Crippen LogP contribution < -0.4 is 0 Å². The van der Waals surface area contributed by atoms with E-state index in [1.165, 1.54) is 0 Å². The number of hydrogen-bond donors (Lipinski definition) is 0. The molecule has 0 spiro atoms. The van der Waals surface area contributed by atoms with Crippen LogP contribution in [0.2, 0.25) is 5.02 Å². The Hall–Kier alpha value is -1.15. The molecule has 0 aliphatic carbocycles. The molecule has 1 aromatic carbocycles. The Morgan fingerprint density at radius 2 is 1.71 bits per heavy atom. The summed E-state index contributed by atoms with van der Waals surface area (Å²) in [5.41, 5.74) is 2.77. The lowest BCUT2D eigenvalue weighted by Gasteiger charge is -2.29. The van der Waals surface area contributed by atoms with E-state index in [1.807, 2.05) is 0 Å². The van der Waals surface area contributed by atoms with Crippen molar-refractivity contribution < 1.29 is 18.4 Å². The molecule has 0 radical (unpaired) electrons. The lowest BCUT2D eigenvalue weighted by molar-refractivity contribution is -0.119. The number of hydrogen-bond acceptors (Lipinski definition) is 4. The van der Waals surface area contributed by atoms with Crippen LogP contribution in [0.1, 0.15) is 40.2 Å². The lowest BCUT2D eigenvalue weighted by atomic mass is 9.82. The first-order valence-electron chi connectivity index (χ1n) is 7.84. The fourth-order valence-corrected chi connectivity index (χ4v) is 4.24. The van der Waals surface area contributed by atoms with Gasteiger partial charge in [0.25, 0.3) is 5.52 Å². The van der Waals surface area contributed by atoms with Gasteiger partial charge in [-0.2, -0.15) is 0 Å². The van der Waals surface area contributed by atoms with E-state index in [2.05, 4.69) is 5.73 Å². The molecule has 0 amide bonds. The normalized spacial score (nSPS) is 11.8. The predicted octanol–water partition coefficient (Wildman–Crippen LogP) is 5.72. The second kappa shape index (κ2) is 8.80. The molecule has 0 fully saturated rings. The first-order valence-corrected chi connectivity index (χ1v) is 9.76. The molecular weight excluding hydrogens is 347 g/mol. The van der Waals surface area contributed by atoms with E-state index in [4.69, 9.17) is 20.6 Å². The third-order valence-corrected chi connectivity index (χ3v) is 5.93. The second-order valence-electron chi connectivity index (χ2n) is 5.58. The molecule has 0 saturated carbocycles. The fourth-order valence-electron chi connectivity index (χ4n) is 2.33. The maximum Gasteiger partial charge on any atom is 0.397 e. The molecular formula is C18H24ClO4P. The Kier molecular flexibility index (Phi) is 7.66. The van der Waals surface area contributed by atoms with Gasteiger partial charge < -0.3 is 9.05 Å². The van der Waals surface area contributed by atoms with Crippen LogP contribution in [0.25, 0.3) is 5.57 Å². The van der Waals surface area contributed by atoms with Crippen molar-refractivity contribution in [3.63, 3.8) is 0 Å². The van der Waals surface area contributed by atoms with Gasteiger partial charge in [-0.1, -0.05) is 23.7 Å². The number of allylic oxidation sites excluding steroid dienone is 1. The van der Waals surface area contributed by atoms with E-state index < -0.39 is 18.5 Å². The van der Waals surface area contributed by atoms with Crippen molar-refractivity contribution in [2.75, 3.05) is 13.2 Å². The summed E-state index contributed by atoms with van der Waals surface area (Å²) in [6.45, 7) is 8.80. The molecule has 0 aliphatic rings. The van der Waals surface area contributed by atoms with Crippen molar-refractivity contribution in [2.24, 2.45) is 5.41 Å². The van der Waals surface area contributed by atoms with Crippen LogP contribution in [-0.4, -0.2) is 18.7 Å². The van der Waals surface area contributed by atoms with Crippen LogP contribution >= 0.6 is 19.2 Å². The van der Waals surface area contributed by atoms with Crippen molar-refractivity contribution in [3.8, 4) is 0 Å². The standard InChI is InChI=1S/C18H24ClO4P/c1-6-9-16(14-10-12-15(19)13-11-14)18(4,5)17(20)24(21,22-7-2)23-8-3/h6,10-13H,7-8H2,1-5H3. The SMILES string of the molecule is CC=C=C(c1ccc(Cl)cc1)C(C)(C)C(=O)P(=O)(OCC)OCC. The highest BCUT2D eigenvalue weighted by molar-refractivity contribution is 7.72. The van der Waals surface area contributed by atoms with Crippen LogP contribution in [0.3, 0.4) is 0 Å². The van der Waals surface area contributed by atoms with Crippen LogP contribution in [0.5, 0.6) is 0 Å². The molecule has 0 aromatic heterocycles. The highest BCUT2D eigenvalue weighted by Crippen LogP contribution is 2.56. The molecule has 0 bridgehead atoms. The van der Waals surface area contributed by atoms with E-state index >= 15 is 0 Å². The van der Waals surface area contributed by atoms with Crippen molar-refractivity contribution >= 4 is 30.3 Å². The van der Waals surface area contributed by atoms with Gasteiger partial charge in [0.15, 0.2) is 0 Å². The van der Waals surface area contributed by atoms with Gasteiger partial charge in [-0.15, -0.1) is 5.73 Å². The van der Waals surface area contributed by atoms with Gasteiger partial charge in [-0.3, -0.25) is 9.36 Å². The summed E-state index contributed by atoms with van der Waals surface area (Å²) >= 11 is 5.94. The molecule has 24 heavy (non-hydrogen) atoms. The summed E-state index contributed by atoms with van der Waals surface area (Å²) in [5.74, 6) is 0. The Labute approximate surface area is 149 Å². The molecule has 0 saturated heterocycles. The summed E-state index contributed by atoms with van der Waals surface area (Å²) in [7, 11) is -3.88. The summed E-state index contributed by atoms with van der Waals surface area (Å²) in [6.07, 6.45) is 1.71. The molecule has 0 heterocycles.